The molecular weight excluding hydrogens is 310 g/mol. The van der Waals surface area contributed by atoms with Gasteiger partial charge in [-0.3, -0.25) is 4.90 Å². The van der Waals surface area contributed by atoms with E-state index in [4.69, 9.17) is 4.74 Å². The average Bonchev–Trinajstić information content (AvgIpc) is 2.83. The molecular formula is C17H23N3O4. The van der Waals surface area contributed by atoms with Gasteiger partial charge in [-0.1, -0.05) is 0 Å². The number of aromatic hydroxyl groups is 1. The summed E-state index contributed by atoms with van der Waals surface area (Å²) in [6, 6.07) is 6.45. The summed E-state index contributed by atoms with van der Waals surface area (Å²) in [6.07, 6.45) is -0.335. The molecule has 1 atom stereocenters. The number of carbonyl (C=O) groups is 2. The highest BCUT2D eigenvalue weighted by Gasteiger charge is 2.42. The van der Waals surface area contributed by atoms with E-state index in [1.807, 2.05) is 20.8 Å². The SMILES string of the molecule is CC(C)(C)OC(=O)N1CCN2C(=O)N(c3ccc(O)cc3)C[C@@H]2C1. The maximum absolute atomic E-state index is 12.6. The molecule has 24 heavy (non-hydrogen) atoms. The molecule has 2 aliphatic heterocycles. The fourth-order valence-electron chi connectivity index (χ4n) is 3.05. The summed E-state index contributed by atoms with van der Waals surface area (Å²) < 4.78 is 5.42. The van der Waals surface area contributed by atoms with E-state index in [1.54, 1.807) is 39.0 Å². The van der Waals surface area contributed by atoms with E-state index in [0.29, 0.717) is 26.2 Å². The van der Waals surface area contributed by atoms with Crippen molar-refractivity contribution in [3.05, 3.63) is 24.3 Å². The van der Waals surface area contributed by atoms with Gasteiger partial charge in [0.05, 0.1) is 6.04 Å². The molecule has 0 spiro atoms. The van der Waals surface area contributed by atoms with Gasteiger partial charge in [0, 0.05) is 31.9 Å². The highest BCUT2D eigenvalue weighted by atomic mass is 16.6. The number of fused-ring (bicyclic) bond motifs is 1. The van der Waals surface area contributed by atoms with Gasteiger partial charge in [0.25, 0.3) is 0 Å². The Balaban J connectivity index is 1.69. The monoisotopic (exact) mass is 333 g/mol. The maximum atomic E-state index is 12.6. The summed E-state index contributed by atoms with van der Waals surface area (Å²) in [7, 11) is 0. The third kappa shape index (κ3) is 3.25. The molecule has 1 aromatic carbocycles. The van der Waals surface area contributed by atoms with Gasteiger partial charge in [-0.25, -0.2) is 9.59 Å². The molecule has 2 aliphatic rings. The lowest BCUT2D eigenvalue weighted by Gasteiger charge is -2.36. The number of hydrogen-bond acceptors (Lipinski definition) is 4. The number of nitrogens with zero attached hydrogens (tertiary/aromatic N) is 3. The van der Waals surface area contributed by atoms with E-state index in [2.05, 4.69) is 0 Å². The number of hydrogen-bond donors (Lipinski definition) is 1. The quantitative estimate of drug-likeness (QED) is 0.855. The van der Waals surface area contributed by atoms with Crippen molar-refractivity contribution in [3.8, 4) is 5.75 Å². The number of phenols is 1. The van der Waals surface area contributed by atoms with Crippen LogP contribution in [0.15, 0.2) is 24.3 Å². The van der Waals surface area contributed by atoms with E-state index in [9.17, 15) is 14.7 Å². The van der Waals surface area contributed by atoms with E-state index < -0.39 is 5.60 Å². The Labute approximate surface area is 141 Å². The van der Waals surface area contributed by atoms with Crippen molar-refractivity contribution in [2.45, 2.75) is 32.4 Å². The van der Waals surface area contributed by atoms with E-state index >= 15 is 0 Å². The molecule has 0 radical (unpaired) electrons. The van der Waals surface area contributed by atoms with Gasteiger partial charge >= 0.3 is 12.1 Å². The lowest BCUT2D eigenvalue weighted by molar-refractivity contribution is 0.0128. The van der Waals surface area contributed by atoms with Crippen LogP contribution >= 0.6 is 0 Å². The van der Waals surface area contributed by atoms with Crippen LogP contribution in [0, 0.1) is 0 Å². The van der Waals surface area contributed by atoms with Gasteiger partial charge in [0.2, 0.25) is 0 Å². The van der Waals surface area contributed by atoms with Gasteiger partial charge in [-0.05, 0) is 45.0 Å². The van der Waals surface area contributed by atoms with Gasteiger partial charge in [0.1, 0.15) is 11.4 Å². The van der Waals surface area contributed by atoms with Crippen molar-refractivity contribution in [2.75, 3.05) is 31.1 Å². The first kappa shape index (κ1) is 16.4. The Morgan fingerprint density at radius 3 is 2.46 bits per heavy atom. The Bertz CT molecular complexity index is 638. The van der Waals surface area contributed by atoms with Crippen LogP contribution in [0.2, 0.25) is 0 Å². The number of rotatable bonds is 1. The summed E-state index contributed by atoms with van der Waals surface area (Å²) >= 11 is 0. The van der Waals surface area contributed by atoms with Crippen LogP contribution in [0.1, 0.15) is 20.8 Å². The summed E-state index contributed by atoms with van der Waals surface area (Å²) in [5, 5.41) is 9.39. The number of carbonyl (C=O) groups excluding carboxylic acids is 2. The smallest absolute Gasteiger partial charge is 0.410 e. The van der Waals surface area contributed by atoms with Crippen LogP contribution in [0.4, 0.5) is 15.3 Å². The summed E-state index contributed by atoms with van der Waals surface area (Å²) in [6.45, 7) is 7.47. The number of anilines is 1. The number of phenolic OH excluding ortho intramolecular Hbond substituents is 1. The molecule has 0 aromatic heterocycles. The first-order valence-corrected chi connectivity index (χ1v) is 8.10. The molecule has 0 saturated carbocycles. The summed E-state index contributed by atoms with van der Waals surface area (Å²) in [4.78, 5) is 30.0. The number of piperazine rings is 1. The van der Waals surface area contributed by atoms with Crippen LogP contribution in [0.3, 0.4) is 0 Å². The second kappa shape index (κ2) is 5.89. The molecule has 2 saturated heterocycles. The zero-order chi connectivity index (χ0) is 17.5. The van der Waals surface area contributed by atoms with Crippen molar-refractivity contribution >= 4 is 17.8 Å². The first-order chi connectivity index (χ1) is 11.2. The maximum Gasteiger partial charge on any atom is 0.410 e. The van der Waals surface area contributed by atoms with E-state index in [-0.39, 0.29) is 23.9 Å². The van der Waals surface area contributed by atoms with Gasteiger partial charge < -0.3 is 19.6 Å². The van der Waals surface area contributed by atoms with Crippen LogP contribution in [-0.2, 0) is 4.74 Å². The number of ether oxygens (including phenoxy) is 1. The summed E-state index contributed by atoms with van der Waals surface area (Å²) in [5.41, 5.74) is 0.216. The lowest BCUT2D eigenvalue weighted by atomic mass is 10.2. The highest BCUT2D eigenvalue weighted by molar-refractivity contribution is 5.95. The second-order valence-corrected chi connectivity index (χ2v) is 7.18. The van der Waals surface area contributed by atoms with Gasteiger partial charge in [-0.15, -0.1) is 0 Å². The number of urea groups is 1. The lowest BCUT2D eigenvalue weighted by Crippen LogP contribution is -2.54. The third-order valence-corrected chi connectivity index (χ3v) is 4.17. The number of benzene rings is 1. The molecule has 0 unspecified atom stereocenters. The van der Waals surface area contributed by atoms with Crippen LogP contribution < -0.4 is 4.90 Å². The summed E-state index contributed by atoms with van der Waals surface area (Å²) in [5.74, 6) is 0.166. The standard InChI is InChI=1S/C17H23N3O4/c1-17(2,3)24-16(23)18-8-9-19-13(10-18)11-20(15(19)22)12-4-6-14(21)7-5-12/h4-7,13,21H,8-11H2,1-3H3/t13-/m0/s1. The number of amides is 3. The van der Waals surface area contributed by atoms with Gasteiger partial charge in [-0.2, -0.15) is 0 Å². The third-order valence-electron chi connectivity index (χ3n) is 4.17. The van der Waals surface area contributed by atoms with Crippen molar-refractivity contribution in [2.24, 2.45) is 0 Å². The Hall–Kier alpha value is -2.44. The van der Waals surface area contributed by atoms with Crippen LogP contribution in [-0.4, -0.2) is 64.9 Å². The first-order valence-electron chi connectivity index (χ1n) is 8.10. The van der Waals surface area contributed by atoms with Crippen molar-refractivity contribution < 1.29 is 19.4 Å². The minimum atomic E-state index is -0.530. The Kier molecular flexibility index (Phi) is 4.03. The molecule has 0 bridgehead atoms. The zero-order valence-electron chi connectivity index (χ0n) is 14.2. The zero-order valence-corrected chi connectivity index (χ0v) is 14.2. The van der Waals surface area contributed by atoms with Crippen LogP contribution in [0.25, 0.3) is 0 Å². The molecule has 7 nitrogen and oxygen atoms in total. The Morgan fingerprint density at radius 2 is 1.83 bits per heavy atom. The molecule has 2 heterocycles. The molecule has 3 amide bonds. The van der Waals surface area contributed by atoms with E-state index in [1.165, 1.54) is 0 Å². The second-order valence-electron chi connectivity index (χ2n) is 7.18. The van der Waals surface area contributed by atoms with E-state index in [0.717, 1.165) is 5.69 Å². The molecule has 2 fully saturated rings. The minimum Gasteiger partial charge on any atom is -0.508 e. The fraction of sp³-hybridized carbons (Fsp3) is 0.529. The predicted octanol–water partition coefficient (Wildman–Crippen LogP) is 2.25. The molecule has 1 aromatic rings. The normalized spacial score (nSPS) is 21.0. The topological polar surface area (TPSA) is 73.3 Å². The molecule has 1 N–H and O–H groups in total. The van der Waals surface area contributed by atoms with Crippen molar-refractivity contribution in [1.29, 1.82) is 0 Å². The van der Waals surface area contributed by atoms with Crippen LogP contribution in [0.5, 0.6) is 5.75 Å². The van der Waals surface area contributed by atoms with Gasteiger partial charge in [0.15, 0.2) is 0 Å². The van der Waals surface area contributed by atoms with Crippen molar-refractivity contribution in [1.82, 2.24) is 9.80 Å². The Morgan fingerprint density at radius 1 is 1.17 bits per heavy atom. The molecule has 0 aliphatic carbocycles. The predicted molar refractivity (Wildman–Crippen MR) is 89.1 cm³/mol. The fourth-order valence-corrected chi connectivity index (χ4v) is 3.05. The minimum absolute atomic E-state index is 0.0485. The molecule has 7 heteroatoms. The van der Waals surface area contributed by atoms with Crippen molar-refractivity contribution in [3.63, 3.8) is 0 Å². The average molecular weight is 333 g/mol. The molecule has 3 rings (SSSR count). The highest BCUT2D eigenvalue weighted by Crippen LogP contribution is 2.28. The largest absolute Gasteiger partial charge is 0.508 e. The molecule has 130 valence electrons.